The molecule has 2 saturated heterocycles. The second kappa shape index (κ2) is 10.5. The molecule has 2 aromatic rings. The van der Waals surface area contributed by atoms with Gasteiger partial charge in [-0.1, -0.05) is 18.2 Å². The first-order valence-corrected chi connectivity index (χ1v) is 11.8. The number of rotatable bonds is 4. The molecule has 2 aromatic carbocycles. The summed E-state index contributed by atoms with van der Waals surface area (Å²) in [6.45, 7) is 3.79. The van der Waals surface area contributed by atoms with Crippen LogP contribution in [0.5, 0.6) is 0 Å². The van der Waals surface area contributed by atoms with Crippen molar-refractivity contribution in [2.24, 2.45) is 0 Å². The highest BCUT2D eigenvalue weighted by molar-refractivity contribution is 5.97. The average Bonchev–Trinajstić information content (AvgIpc) is 3.34. The van der Waals surface area contributed by atoms with Gasteiger partial charge in [-0.2, -0.15) is 5.26 Å². The number of nitriles is 1. The third-order valence-corrected chi connectivity index (χ3v) is 6.82. The molecule has 4 rings (SSSR count). The number of hydrogen-bond donors (Lipinski definition) is 3. The molecule has 4 amide bonds. The summed E-state index contributed by atoms with van der Waals surface area (Å²) in [7, 11) is 0. The lowest BCUT2D eigenvalue weighted by Gasteiger charge is -2.32. The molecule has 0 saturated carbocycles. The molecule has 35 heavy (non-hydrogen) atoms. The van der Waals surface area contributed by atoms with Crippen LogP contribution in [0.15, 0.2) is 42.5 Å². The minimum absolute atomic E-state index is 0.0698. The lowest BCUT2D eigenvalue weighted by atomic mass is 9.89. The SMILES string of the molecule is Cc1ccc(C(=O)N2CCC(c3ccc(C#N)cc3)CC2)cc1NC(=O)N[C@@H]1CCN(C(=O)O)C1. The second-order valence-electron chi connectivity index (χ2n) is 9.14. The van der Waals surface area contributed by atoms with Gasteiger partial charge in [0.1, 0.15) is 0 Å². The van der Waals surface area contributed by atoms with Gasteiger partial charge in [0.05, 0.1) is 11.6 Å². The minimum atomic E-state index is -0.988. The normalized spacial score (nSPS) is 18.1. The minimum Gasteiger partial charge on any atom is -0.465 e. The van der Waals surface area contributed by atoms with Gasteiger partial charge < -0.3 is 25.5 Å². The maximum atomic E-state index is 13.2. The van der Waals surface area contributed by atoms with Crippen LogP contribution in [0.25, 0.3) is 0 Å². The summed E-state index contributed by atoms with van der Waals surface area (Å²) in [5, 5.41) is 23.7. The summed E-state index contributed by atoms with van der Waals surface area (Å²) in [6.07, 6.45) is 1.28. The topological polar surface area (TPSA) is 126 Å². The van der Waals surface area contributed by atoms with Crippen LogP contribution in [0.2, 0.25) is 0 Å². The van der Waals surface area contributed by atoms with Crippen LogP contribution in [-0.4, -0.2) is 65.2 Å². The van der Waals surface area contributed by atoms with Crippen molar-refractivity contribution in [3.63, 3.8) is 0 Å². The number of amides is 4. The summed E-state index contributed by atoms with van der Waals surface area (Å²) < 4.78 is 0. The van der Waals surface area contributed by atoms with Gasteiger partial charge in [-0.25, -0.2) is 9.59 Å². The highest BCUT2D eigenvalue weighted by Crippen LogP contribution is 2.29. The Kier molecular flexibility index (Phi) is 7.20. The van der Waals surface area contributed by atoms with E-state index < -0.39 is 12.1 Å². The summed E-state index contributed by atoms with van der Waals surface area (Å²) in [4.78, 5) is 39.8. The number of anilines is 1. The van der Waals surface area contributed by atoms with E-state index in [1.165, 1.54) is 10.5 Å². The van der Waals surface area contributed by atoms with Gasteiger partial charge in [-0.05, 0) is 67.5 Å². The molecule has 2 fully saturated rings. The lowest BCUT2D eigenvalue weighted by molar-refractivity contribution is 0.0713. The Balaban J connectivity index is 1.34. The highest BCUT2D eigenvalue weighted by Gasteiger charge is 2.28. The Bertz CT molecular complexity index is 1150. The molecular weight excluding hydrogens is 446 g/mol. The van der Waals surface area contributed by atoms with Gasteiger partial charge in [-0.15, -0.1) is 0 Å². The third kappa shape index (κ3) is 5.72. The summed E-state index contributed by atoms with van der Waals surface area (Å²) in [5.41, 5.74) is 3.73. The number of carboxylic acid groups (broad SMARTS) is 1. The van der Waals surface area contributed by atoms with Gasteiger partial charge in [0.25, 0.3) is 5.91 Å². The molecule has 182 valence electrons. The van der Waals surface area contributed by atoms with E-state index in [1.807, 2.05) is 42.2 Å². The van der Waals surface area contributed by atoms with Gasteiger partial charge in [0.2, 0.25) is 0 Å². The molecule has 3 N–H and O–H groups in total. The van der Waals surface area contributed by atoms with E-state index in [0.29, 0.717) is 48.8 Å². The van der Waals surface area contributed by atoms with Crippen LogP contribution >= 0.6 is 0 Å². The summed E-state index contributed by atoms with van der Waals surface area (Å²) in [5.74, 6) is 0.290. The summed E-state index contributed by atoms with van der Waals surface area (Å²) >= 11 is 0. The molecule has 0 aromatic heterocycles. The Hall–Kier alpha value is -4.06. The molecule has 2 aliphatic rings. The highest BCUT2D eigenvalue weighted by atomic mass is 16.4. The lowest BCUT2D eigenvalue weighted by Crippen LogP contribution is -2.40. The fourth-order valence-corrected chi connectivity index (χ4v) is 4.71. The number of piperidine rings is 1. The van der Waals surface area contributed by atoms with E-state index in [0.717, 1.165) is 18.4 Å². The number of nitrogens with zero attached hydrogens (tertiary/aromatic N) is 3. The molecule has 1 atom stereocenters. The quantitative estimate of drug-likeness (QED) is 0.621. The van der Waals surface area contributed by atoms with Crippen LogP contribution in [0.1, 0.15) is 52.2 Å². The first-order chi connectivity index (χ1) is 16.8. The molecule has 0 unspecified atom stereocenters. The van der Waals surface area contributed by atoms with Crippen molar-refractivity contribution in [3.05, 3.63) is 64.7 Å². The van der Waals surface area contributed by atoms with Crippen molar-refractivity contribution in [1.82, 2.24) is 15.1 Å². The smallest absolute Gasteiger partial charge is 0.407 e. The maximum Gasteiger partial charge on any atom is 0.407 e. The first kappa shape index (κ1) is 24.1. The molecule has 9 heteroatoms. The van der Waals surface area contributed by atoms with Crippen LogP contribution in [0.4, 0.5) is 15.3 Å². The van der Waals surface area contributed by atoms with Gasteiger partial charge in [0, 0.05) is 43.5 Å². The number of carbonyl (C=O) groups excluding carboxylic acids is 2. The summed E-state index contributed by atoms with van der Waals surface area (Å²) in [6, 6.07) is 14.4. The number of likely N-dealkylation sites (tertiary alicyclic amines) is 2. The predicted octanol–water partition coefficient (Wildman–Crippen LogP) is 3.76. The maximum absolute atomic E-state index is 13.2. The van der Waals surface area contributed by atoms with Crippen LogP contribution < -0.4 is 10.6 Å². The molecule has 2 aliphatic heterocycles. The van der Waals surface area contributed by atoms with Crippen molar-refractivity contribution >= 4 is 23.7 Å². The molecule has 9 nitrogen and oxygen atoms in total. The Morgan fingerprint density at radius 1 is 1.00 bits per heavy atom. The largest absolute Gasteiger partial charge is 0.465 e. The molecule has 0 spiro atoms. The number of aryl methyl sites for hydroxylation is 1. The van der Waals surface area contributed by atoms with E-state index >= 15 is 0 Å². The number of hydrogen-bond acceptors (Lipinski definition) is 4. The standard InChI is InChI=1S/C26H29N5O4/c1-17-2-5-21(14-23(17)29-25(33)28-22-10-13-31(16-22)26(34)35)24(32)30-11-8-20(9-12-30)19-6-3-18(15-27)4-7-19/h2-7,14,20,22H,8-13,16H2,1H3,(H,34,35)(H2,28,29,33)/t22-/m1/s1. The average molecular weight is 476 g/mol. The van der Waals surface area contributed by atoms with Crippen molar-refractivity contribution < 1.29 is 19.5 Å². The fraction of sp³-hybridized carbons (Fsp3) is 0.385. The second-order valence-corrected chi connectivity index (χ2v) is 9.14. The first-order valence-electron chi connectivity index (χ1n) is 11.8. The third-order valence-electron chi connectivity index (χ3n) is 6.82. The predicted molar refractivity (Wildman–Crippen MR) is 130 cm³/mol. The molecule has 2 heterocycles. The van der Waals surface area contributed by atoms with Gasteiger partial charge in [0.15, 0.2) is 0 Å². The Morgan fingerprint density at radius 3 is 2.31 bits per heavy atom. The number of benzene rings is 2. The molecule has 0 radical (unpaired) electrons. The van der Waals surface area contributed by atoms with E-state index in [2.05, 4.69) is 16.7 Å². The van der Waals surface area contributed by atoms with Crippen LogP contribution in [0, 0.1) is 18.3 Å². The molecular formula is C26H29N5O4. The van der Waals surface area contributed by atoms with E-state index in [-0.39, 0.29) is 18.5 Å². The van der Waals surface area contributed by atoms with E-state index in [1.54, 1.807) is 12.1 Å². The van der Waals surface area contributed by atoms with Crippen molar-refractivity contribution in [1.29, 1.82) is 5.26 Å². The van der Waals surface area contributed by atoms with Crippen LogP contribution in [-0.2, 0) is 0 Å². The van der Waals surface area contributed by atoms with Crippen LogP contribution in [0.3, 0.4) is 0 Å². The molecule has 0 bridgehead atoms. The zero-order valence-corrected chi connectivity index (χ0v) is 19.7. The monoisotopic (exact) mass is 475 g/mol. The number of urea groups is 1. The van der Waals surface area contributed by atoms with E-state index in [4.69, 9.17) is 10.4 Å². The van der Waals surface area contributed by atoms with Crippen molar-refractivity contribution in [2.45, 2.75) is 38.1 Å². The van der Waals surface area contributed by atoms with Crippen molar-refractivity contribution in [3.8, 4) is 6.07 Å². The Labute approximate surface area is 204 Å². The molecule has 0 aliphatic carbocycles. The Morgan fingerprint density at radius 2 is 1.69 bits per heavy atom. The van der Waals surface area contributed by atoms with Crippen molar-refractivity contribution in [2.75, 3.05) is 31.5 Å². The number of carbonyl (C=O) groups is 3. The van der Waals surface area contributed by atoms with Gasteiger partial charge >= 0.3 is 12.1 Å². The van der Waals surface area contributed by atoms with Gasteiger partial charge in [-0.3, -0.25) is 4.79 Å². The fourth-order valence-electron chi connectivity index (χ4n) is 4.71. The zero-order chi connectivity index (χ0) is 24.9. The zero-order valence-electron chi connectivity index (χ0n) is 19.7. The van der Waals surface area contributed by atoms with E-state index in [9.17, 15) is 14.4 Å². The number of nitrogens with one attached hydrogen (secondary N) is 2.